The number of hydrogen-bond acceptors (Lipinski definition) is 5. The Hall–Kier alpha value is -1.25. The number of β-amino-alcohol motifs (C(OH)–C–C–N with tert-alkyl or cyclic N) is 1. The second-order valence-corrected chi connectivity index (χ2v) is 5.42. The van der Waals surface area contributed by atoms with Gasteiger partial charge in [0, 0.05) is 32.7 Å². The van der Waals surface area contributed by atoms with E-state index in [-0.39, 0.29) is 16.8 Å². The summed E-state index contributed by atoms with van der Waals surface area (Å²) in [5, 5.41) is 19.9. The van der Waals surface area contributed by atoms with Crippen molar-refractivity contribution >= 4 is 27.3 Å². The molecule has 0 spiro atoms. The van der Waals surface area contributed by atoms with E-state index < -0.39 is 10.7 Å². The van der Waals surface area contributed by atoms with Gasteiger partial charge in [0.2, 0.25) is 0 Å². The molecule has 0 amide bonds. The minimum absolute atomic E-state index is 0.0994. The molecule has 0 bridgehead atoms. The van der Waals surface area contributed by atoms with Crippen molar-refractivity contribution in [2.45, 2.75) is 0 Å². The van der Waals surface area contributed by atoms with Crippen molar-refractivity contribution in [2.75, 3.05) is 44.2 Å². The molecule has 1 heterocycles. The van der Waals surface area contributed by atoms with Crippen molar-refractivity contribution in [3.8, 4) is 0 Å². The van der Waals surface area contributed by atoms with Crippen LogP contribution in [-0.2, 0) is 0 Å². The van der Waals surface area contributed by atoms with Crippen LogP contribution in [0, 0.1) is 15.9 Å². The molecule has 0 saturated carbocycles. The molecule has 1 aliphatic rings. The van der Waals surface area contributed by atoms with Crippen molar-refractivity contribution < 1.29 is 14.4 Å². The first-order valence-corrected chi connectivity index (χ1v) is 7.04. The number of aliphatic hydroxyl groups is 1. The molecule has 0 aliphatic carbocycles. The number of halogens is 2. The Morgan fingerprint density at radius 2 is 2.00 bits per heavy atom. The van der Waals surface area contributed by atoms with Gasteiger partial charge in [-0.2, -0.15) is 0 Å². The lowest BCUT2D eigenvalue weighted by atomic mass is 10.2. The number of nitro groups is 1. The summed E-state index contributed by atoms with van der Waals surface area (Å²) >= 11 is 3.06. The molecule has 2 rings (SSSR count). The number of anilines is 1. The quantitative estimate of drug-likeness (QED) is 0.661. The van der Waals surface area contributed by atoms with Gasteiger partial charge < -0.3 is 10.0 Å². The third-order valence-electron chi connectivity index (χ3n) is 3.34. The van der Waals surface area contributed by atoms with Crippen LogP contribution in [0.3, 0.4) is 0 Å². The monoisotopic (exact) mass is 347 g/mol. The predicted molar refractivity (Wildman–Crippen MR) is 76.5 cm³/mol. The third-order valence-corrected chi connectivity index (χ3v) is 3.95. The minimum atomic E-state index is -0.639. The Balaban J connectivity index is 2.21. The Labute approximate surface area is 124 Å². The lowest BCUT2D eigenvalue weighted by Crippen LogP contribution is -2.47. The summed E-state index contributed by atoms with van der Waals surface area (Å²) in [7, 11) is 0. The van der Waals surface area contributed by atoms with Crippen LogP contribution >= 0.6 is 15.9 Å². The van der Waals surface area contributed by atoms with E-state index in [2.05, 4.69) is 20.8 Å². The fourth-order valence-corrected chi connectivity index (χ4v) is 2.61. The van der Waals surface area contributed by atoms with Crippen LogP contribution in [0.1, 0.15) is 0 Å². The molecule has 1 aromatic carbocycles. The van der Waals surface area contributed by atoms with E-state index in [1.54, 1.807) is 0 Å². The van der Waals surface area contributed by atoms with Gasteiger partial charge in [0.1, 0.15) is 11.5 Å². The lowest BCUT2D eigenvalue weighted by molar-refractivity contribution is -0.384. The van der Waals surface area contributed by atoms with Gasteiger partial charge in [0.25, 0.3) is 5.69 Å². The third kappa shape index (κ3) is 3.25. The average molecular weight is 348 g/mol. The number of nitro benzene ring substituents is 1. The van der Waals surface area contributed by atoms with E-state index in [1.165, 1.54) is 6.07 Å². The van der Waals surface area contributed by atoms with E-state index in [4.69, 9.17) is 5.11 Å². The zero-order chi connectivity index (χ0) is 14.7. The number of hydrogen-bond donors (Lipinski definition) is 1. The highest BCUT2D eigenvalue weighted by atomic mass is 79.9. The smallest absolute Gasteiger partial charge is 0.295 e. The Morgan fingerprint density at radius 3 is 2.55 bits per heavy atom. The van der Waals surface area contributed by atoms with Gasteiger partial charge in [0.05, 0.1) is 22.1 Å². The highest BCUT2D eigenvalue weighted by molar-refractivity contribution is 9.10. The summed E-state index contributed by atoms with van der Waals surface area (Å²) < 4.78 is 13.7. The molecule has 110 valence electrons. The first-order chi connectivity index (χ1) is 9.52. The molecule has 0 radical (unpaired) electrons. The highest BCUT2D eigenvalue weighted by Crippen LogP contribution is 2.33. The SMILES string of the molecule is O=[N+]([O-])c1cc(F)c(Br)cc1N1CCN(CCO)CC1. The summed E-state index contributed by atoms with van der Waals surface area (Å²) in [4.78, 5) is 14.4. The van der Waals surface area contributed by atoms with Gasteiger partial charge in [-0.05, 0) is 22.0 Å². The summed E-state index contributed by atoms with van der Waals surface area (Å²) in [6, 6.07) is 2.40. The molecular formula is C12H15BrFN3O3. The topological polar surface area (TPSA) is 69.9 Å². The van der Waals surface area contributed by atoms with Gasteiger partial charge in [-0.15, -0.1) is 0 Å². The normalized spacial score (nSPS) is 16.4. The molecule has 1 fully saturated rings. The predicted octanol–water partition coefficient (Wildman–Crippen LogP) is 1.61. The van der Waals surface area contributed by atoms with E-state index >= 15 is 0 Å². The van der Waals surface area contributed by atoms with E-state index in [1.807, 2.05) is 4.90 Å². The zero-order valence-corrected chi connectivity index (χ0v) is 12.3. The second-order valence-electron chi connectivity index (χ2n) is 4.56. The van der Waals surface area contributed by atoms with Crippen LogP contribution in [0.4, 0.5) is 15.8 Å². The molecule has 6 nitrogen and oxygen atoms in total. The number of nitrogens with zero attached hydrogens (tertiary/aromatic N) is 3. The number of piperazine rings is 1. The van der Waals surface area contributed by atoms with Crippen LogP contribution in [-0.4, -0.2) is 54.3 Å². The summed E-state index contributed by atoms with van der Waals surface area (Å²) in [6.07, 6.45) is 0. The van der Waals surface area contributed by atoms with Crippen LogP contribution in [0.5, 0.6) is 0 Å². The van der Waals surface area contributed by atoms with Crippen LogP contribution in [0.2, 0.25) is 0 Å². The molecule has 1 N–H and O–H groups in total. The molecule has 1 aromatic rings. The second kappa shape index (κ2) is 6.47. The first kappa shape index (κ1) is 15.1. The van der Waals surface area contributed by atoms with Crippen LogP contribution < -0.4 is 4.90 Å². The molecule has 0 aromatic heterocycles. The molecule has 0 atom stereocenters. The van der Waals surface area contributed by atoms with Crippen LogP contribution in [0.25, 0.3) is 0 Å². The molecule has 20 heavy (non-hydrogen) atoms. The Bertz CT molecular complexity index is 507. The summed E-state index contributed by atoms with van der Waals surface area (Å²) in [5.74, 6) is -0.639. The fourth-order valence-electron chi connectivity index (χ4n) is 2.28. The van der Waals surface area contributed by atoms with Gasteiger partial charge in [-0.25, -0.2) is 4.39 Å². The van der Waals surface area contributed by atoms with Crippen LogP contribution in [0.15, 0.2) is 16.6 Å². The number of benzene rings is 1. The zero-order valence-electron chi connectivity index (χ0n) is 10.8. The lowest BCUT2D eigenvalue weighted by Gasteiger charge is -2.35. The maximum absolute atomic E-state index is 13.4. The van der Waals surface area contributed by atoms with E-state index in [9.17, 15) is 14.5 Å². The van der Waals surface area contributed by atoms with Gasteiger partial charge >= 0.3 is 0 Å². The largest absolute Gasteiger partial charge is 0.395 e. The molecule has 8 heteroatoms. The molecule has 0 unspecified atom stereocenters. The molecule has 1 aliphatic heterocycles. The molecule has 1 saturated heterocycles. The summed E-state index contributed by atoms with van der Waals surface area (Å²) in [6.45, 7) is 3.35. The van der Waals surface area contributed by atoms with Gasteiger partial charge in [-0.1, -0.05) is 0 Å². The van der Waals surface area contributed by atoms with E-state index in [0.29, 0.717) is 38.4 Å². The minimum Gasteiger partial charge on any atom is -0.395 e. The number of aliphatic hydroxyl groups excluding tert-OH is 1. The van der Waals surface area contributed by atoms with Crippen molar-refractivity contribution in [3.05, 3.63) is 32.5 Å². The average Bonchev–Trinajstić information content (AvgIpc) is 2.42. The van der Waals surface area contributed by atoms with Gasteiger partial charge in [0.15, 0.2) is 0 Å². The Kier molecular flexibility index (Phi) is 4.90. The first-order valence-electron chi connectivity index (χ1n) is 6.24. The highest BCUT2D eigenvalue weighted by Gasteiger charge is 2.25. The maximum Gasteiger partial charge on any atom is 0.295 e. The molecular weight excluding hydrogens is 333 g/mol. The fraction of sp³-hybridized carbons (Fsp3) is 0.500. The van der Waals surface area contributed by atoms with Crippen molar-refractivity contribution in [2.24, 2.45) is 0 Å². The van der Waals surface area contributed by atoms with Crippen molar-refractivity contribution in [3.63, 3.8) is 0 Å². The van der Waals surface area contributed by atoms with Gasteiger partial charge in [-0.3, -0.25) is 15.0 Å². The van der Waals surface area contributed by atoms with E-state index in [0.717, 1.165) is 6.07 Å². The van der Waals surface area contributed by atoms with Crippen molar-refractivity contribution in [1.29, 1.82) is 0 Å². The standard InChI is InChI=1S/C12H15BrFN3O3/c13-9-7-11(12(17(19)20)8-10(9)14)16-3-1-15(2-4-16)5-6-18/h7-8,18H,1-6H2. The summed E-state index contributed by atoms with van der Waals surface area (Å²) in [5.41, 5.74) is 0.202. The number of rotatable bonds is 4. The Morgan fingerprint density at radius 1 is 1.35 bits per heavy atom. The van der Waals surface area contributed by atoms with Crippen molar-refractivity contribution in [1.82, 2.24) is 4.90 Å². The maximum atomic E-state index is 13.4.